The molecule has 0 aromatic heterocycles. The van der Waals surface area contributed by atoms with Crippen LogP contribution in [0.25, 0.3) is 0 Å². The van der Waals surface area contributed by atoms with E-state index >= 15 is 0 Å². The van der Waals surface area contributed by atoms with Crippen molar-refractivity contribution >= 4 is 12.7 Å². The fraction of sp³-hybridized carbons (Fsp3) is 0.278. The van der Waals surface area contributed by atoms with E-state index in [1.54, 1.807) is 18.8 Å². The third kappa shape index (κ3) is 4.68. The molecule has 2 nitrogen and oxygen atoms in total. The molecule has 0 spiro atoms. The third-order valence-corrected chi connectivity index (χ3v) is 5.88. The normalized spacial score (nSPS) is 13.6. The van der Waals surface area contributed by atoms with Crippen molar-refractivity contribution in [3.8, 4) is 0 Å². The molecule has 21 heavy (non-hydrogen) atoms. The maximum Gasteiger partial charge on any atom is 0.221 e. The summed E-state index contributed by atoms with van der Waals surface area (Å²) < 4.78 is 12.6. The Kier molecular flexibility index (Phi) is 5.52. The van der Waals surface area contributed by atoms with E-state index < -0.39 is 7.14 Å². The van der Waals surface area contributed by atoms with Gasteiger partial charge in [-0.15, -0.1) is 0 Å². The Labute approximate surface area is 126 Å². The van der Waals surface area contributed by atoms with Crippen LogP contribution in [0.15, 0.2) is 60.7 Å². The summed E-state index contributed by atoms with van der Waals surface area (Å²) >= 11 is 0. The van der Waals surface area contributed by atoms with Crippen LogP contribution in [-0.4, -0.2) is 18.4 Å². The molecular formula is C18H21O2P. The van der Waals surface area contributed by atoms with Crippen LogP contribution in [0.4, 0.5) is 0 Å². The molecule has 3 heteroatoms. The summed E-state index contributed by atoms with van der Waals surface area (Å²) in [6, 6.07) is 19.2. The van der Waals surface area contributed by atoms with Crippen molar-refractivity contribution in [1.82, 2.24) is 0 Å². The SMILES string of the molecule is CP(=O)(CCCCc1ccccc1)C(=O)c1ccccc1. The third-order valence-electron chi connectivity index (χ3n) is 3.59. The van der Waals surface area contributed by atoms with Crippen molar-refractivity contribution < 1.29 is 9.36 Å². The van der Waals surface area contributed by atoms with Crippen LogP contribution in [0.2, 0.25) is 0 Å². The van der Waals surface area contributed by atoms with E-state index in [1.807, 2.05) is 36.4 Å². The van der Waals surface area contributed by atoms with E-state index in [0.29, 0.717) is 11.7 Å². The van der Waals surface area contributed by atoms with Crippen molar-refractivity contribution in [2.24, 2.45) is 0 Å². The molecule has 0 aliphatic heterocycles. The number of aryl methyl sites for hydroxylation is 1. The number of hydrogen-bond donors (Lipinski definition) is 0. The van der Waals surface area contributed by atoms with Crippen molar-refractivity contribution in [3.05, 3.63) is 71.8 Å². The summed E-state index contributed by atoms with van der Waals surface area (Å²) in [7, 11) is -2.77. The first kappa shape index (κ1) is 15.7. The molecule has 0 bridgehead atoms. The highest BCUT2D eigenvalue weighted by Crippen LogP contribution is 2.45. The second-order valence-corrected chi connectivity index (χ2v) is 8.49. The Morgan fingerprint density at radius 1 is 0.905 bits per heavy atom. The molecule has 110 valence electrons. The predicted octanol–water partition coefficient (Wildman–Crippen LogP) is 4.84. The zero-order valence-corrected chi connectivity index (χ0v) is 13.3. The van der Waals surface area contributed by atoms with Gasteiger partial charge in [0.15, 0.2) is 7.14 Å². The van der Waals surface area contributed by atoms with Crippen molar-refractivity contribution in [3.63, 3.8) is 0 Å². The fourth-order valence-corrected chi connectivity index (χ4v) is 4.07. The zero-order valence-electron chi connectivity index (χ0n) is 12.4. The Morgan fingerprint density at radius 3 is 2.10 bits per heavy atom. The highest BCUT2D eigenvalue weighted by Gasteiger charge is 2.25. The Balaban J connectivity index is 1.84. The molecule has 1 unspecified atom stereocenters. The van der Waals surface area contributed by atoms with E-state index in [9.17, 15) is 9.36 Å². The van der Waals surface area contributed by atoms with Gasteiger partial charge in [0.25, 0.3) is 0 Å². The lowest BCUT2D eigenvalue weighted by Gasteiger charge is -2.11. The number of carbonyl (C=O) groups excluding carboxylic acids is 1. The first-order valence-electron chi connectivity index (χ1n) is 7.30. The number of unbranched alkanes of at least 4 members (excludes halogenated alkanes) is 1. The molecule has 0 saturated heterocycles. The van der Waals surface area contributed by atoms with E-state index in [1.165, 1.54) is 5.56 Å². The molecule has 2 aromatic rings. The molecule has 0 amide bonds. The van der Waals surface area contributed by atoms with Gasteiger partial charge in [-0.25, -0.2) is 0 Å². The van der Waals surface area contributed by atoms with E-state index in [2.05, 4.69) is 12.1 Å². The Morgan fingerprint density at radius 2 is 1.48 bits per heavy atom. The van der Waals surface area contributed by atoms with Crippen LogP contribution in [0.5, 0.6) is 0 Å². The van der Waals surface area contributed by atoms with Gasteiger partial charge in [0.2, 0.25) is 5.52 Å². The van der Waals surface area contributed by atoms with Crippen LogP contribution in [0.1, 0.15) is 28.8 Å². The van der Waals surface area contributed by atoms with Crippen LogP contribution < -0.4 is 0 Å². The number of carbonyl (C=O) groups is 1. The number of hydrogen-bond acceptors (Lipinski definition) is 2. The topological polar surface area (TPSA) is 34.1 Å². The maximum absolute atomic E-state index is 12.6. The van der Waals surface area contributed by atoms with Crippen molar-refractivity contribution in [2.75, 3.05) is 12.8 Å². The van der Waals surface area contributed by atoms with Crippen LogP contribution >= 0.6 is 7.14 Å². The van der Waals surface area contributed by atoms with Gasteiger partial charge < -0.3 is 4.57 Å². The van der Waals surface area contributed by atoms with Crippen LogP contribution in [-0.2, 0) is 11.0 Å². The monoisotopic (exact) mass is 300 g/mol. The van der Waals surface area contributed by atoms with Crippen LogP contribution in [0, 0.1) is 0 Å². The molecule has 2 rings (SSSR count). The molecule has 0 saturated carbocycles. The molecule has 0 radical (unpaired) electrons. The lowest BCUT2D eigenvalue weighted by molar-refractivity contribution is 0.107. The Bertz CT molecular complexity index is 620. The van der Waals surface area contributed by atoms with Gasteiger partial charge in [0.1, 0.15) is 0 Å². The average Bonchev–Trinajstić information content (AvgIpc) is 2.53. The van der Waals surface area contributed by atoms with Crippen molar-refractivity contribution in [1.29, 1.82) is 0 Å². The number of rotatable bonds is 7. The van der Waals surface area contributed by atoms with Gasteiger partial charge in [-0.1, -0.05) is 60.7 Å². The van der Waals surface area contributed by atoms with Gasteiger partial charge >= 0.3 is 0 Å². The molecule has 0 N–H and O–H groups in total. The molecular weight excluding hydrogens is 279 g/mol. The molecule has 2 aromatic carbocycles. The summed E-state index contributed by atoms with van der Waals surface area (Å²) in [5.41, 5.74) is 1.66. The van der Waals surface area contributed by atoms with E-state index in [0.717, 1.165) is 19.3 Å². The lowest BCUT2D eigenvalue weighted by atomic mass is 10.1. The van der Waals surface area contributed by atoms with Gasteiger partial charge in [0.05, 0.1) is 0 Å². The zero-order chi connectivity index (χ0) is 15.1. The van der Waals surface area contributed by atoms with E-state index in [-0.39, 0.29) is 5.52 Å². The minimum absolute atomic E-state index is 0.192. The second kappa shape index (κ2) is 7.38. The summed E-state index contributed by atoms with van der Waals surface area (Å²) in [5, 5.41) is 0. The highest BCUT2D eigenvalue weighted by atomic mass is 31.2. The first-order chi connectivity index (χ1) is 10.1. The van der Waals surface area contributed by atoms with Gasteiger partial charge in [-0.3, -0.25) is 4.79 Å². The molecule has 0 aliphatic rings. The molecule has 0 heterocycles. The average molecular weight is 300 g/mol. The van der Waals surface area contributed by atoms with Gasteiger partial charge in [-0.05, 0) is 31.5 Å². The Hall–Kier alpha value is -1.66. The fourth-order valence-electron chi connectivity index (χ4n) is 2.34. The maximum atomic E-state index is 12.6. The number of benzene rings is 2. The van der Waals surface area contributed by atoms with Gasteiger partial charge in [0, 0.05) is 11.7 Å². The lowest BCUT2D eigenvalue weighted by Crippen LogP contribution is -2.03. The molecule has 1 atom stereocenters. The minimum Gasteiger partial charge on any atom is -0.315 e. The quantitative estimate of drug-likeness (QED) is 0.541. The summed E-state index contributed by atoms with van der Waals surface area (Å²) in [4.78, 5) is 12.3. The second-order valence-electron chi connectivity index (χ2n) is 5.44. The smallest absolute Gasteiger partial charge is 0.221 e. The van der Waals surface area contributed by atoms with Crippen LogP contribution in [0.3, 0.4) is 0 Å². The van der Waals surface area contributed by atoms with Gasteiger partial charge in [-0.2, -0.15) is 0 Å². The summed E-state index contributed by atoms with van der Waals surface area (Å²) in [5.74, 6) is 0. The molecule has 0 aliphatic carbocycles. The standard InChI is InChI=1S/C18H21O2P/c1-21(20,18(19)17-13-6-3-7-14-17)15-9-8-12-16-10-4-2-5-11-16/h2-7,10-11,13-14H,8-9,12,15H2,1H3. The summed E-state index contributed by atoms with van der Waals surface area (Å²) in [6.07, 6.45) is 3.25. The largest absolute Gasteiger partial charge is 0.315 e. The minimum atomic E-state index is -2.77. The molecule has 0 fully saturated rings. The highest BCUT2D eigenvalue weighted by molar-refractivity contribution is 7.80. The predicted molar refractivity (Wildman–Crippen MR) is 88.6 cm³/mol. The first-order valence-corrected chi connectivity index (χ1v) is 9.64. The summed E-state index contributed by atoms with van der Waals surface area (Å²) in [6.45, 7) is 1.62. The van der Waals surface area contributed by atoms with E-state index in [4.69, 9.17) is 0 Å². The van der Waals surface area contributed by atoms with Crippen molar-refractivity contribution in [2.45, 2.75) is 19.3 Å².